The van der Waals surface area contributed by atoms with Crippen LogP contribution in [0.2, 0.25) is 0 Å². The molecule has 1 aromatic carbocycles. The summed E-state index contributed by atoms with van der Waals surface area (Å²) in [6, 6.07) is 0. The van der Waals surface area contributed by atoms with Gasteiger partial charge in [-0.05, 0) is 122 Å². The van der Waals surface area contributed by atoms with Gasteiger partial charge in [0.2, 0.25) is 0 Å². The molecule has 6 atom stereocenters. The summed E-state index contributed by atoms with van der Waals surface area (Å²) < 4.78 is 0. The molecule has 0 heterocycles. The normalized spacial score (nSPS) is 48.9. The summed E-state index contributed by atoms with van der Waals surface area (Å²) in [6.07, 6.45) is 8.51. The van der Waals surface area contributed by atoms with Gasteiger partial charge >= 0.3 is 0 Å². The highest BCUT2D eigenvalue weighted by Crippen LogP contribution is 2.81. The molecule has 0 nitrogen and oxygen atoms in total. The topological polar surface area (TPSA) is 0 Å². The first kappa shape index (κ1) is 18.8. The molecule has 3 fully saturated rings. The maximum absolute atomic E-state index is 2.67. The van der Waals surface area contributed by atoms with Crippen molar-refractivity contribution in [2.75, 3.05) is 0 Å². The molecule has 0 unspecified atom stereocenters. The summed E-state index contributed by atoms with van der Waals surface area (Å²) in [5.74, 6) is 2.37. The fraction of sp³-hybridized carbons (Fsp3) is 0.800. The van der Waals surface area contributed by atoms with E-state index in [2.05, 4.69) is 62.3 Å². The van der Waals surface area contributed by atoms with Crippen LogP contribution < -0.4 is 0 Å². The second-order valence-corrected chi connectivity index (χ2v) is 14.8. The Hall–Kier alpha value is -0.780. The van der Waals surface area contributed by atoms with Crippen LogP contribution in [-0.2, 0) is 16.2 Å². The molecule has 0 amide bonds. The van der Waals surface area contributed by atoms with Crippen LogP contribution in [0, 0.1) is 16.2 Å². The van der Waals surface area contributed by atoms with Crippen LogP contribution in [-0.4, -0.2) is 0 Å². The molecule has 162 valence electrons. The van der Waals surface area contributed by atoms with Gasteiger partial charge in [0.05, 0.1) is 0 Å². The summed E-state index contributed by atoms with van der Waals surface area (Å²) >= 11 is 0. The molecule has 0 saturated heterocycles. The van der Waals surface area contributed by atoms with Gasteiger partial charge in [-0.25, -0.2) is 0 Å². The molecule has 1 aromatic rings. The lowest BCUT2D eigenvalue weighted by Crippen LogP contribution is -2.34. The fourth-order valence-electron chi connectivity index (χ4n) is 11.0. The van der Waals surface area contributed by atoms with Gasteiger partial charge in [0, 0.05) is 0 Å². The fourth-order valence-corrected chi connectivity index (χ4v) is 11.0. The Balaban J connectivity index is 1.70. The highest BCUT2D eigenvalue weighted by molar-refractivity contribution is 5.73. The van der Waals surface area contributed by atoms with Crippen molar-refractivity contribution in [3.8, 4) is 0 Å². The third-order valence-corrected chi connectivity index (χ3v) is 14.0. The van der Waals surface area contributed by atoms with Crippen LogP contribution in [0.3, 0.4) is 0 Å². The molecular formula is C30H42. The molecule has 6 aliphatic carbocycles. The minimum Gasteiger partial charge on any atom is -0.0585 e. The standard InChI is InChI=1S/C30H42/c1-25(2)16-10-13-28(25,7)22-19(16)23-21(18-12-14-29(23,8)27(18,5)6)24-20(22)17-11-15-30(24,9)26(17,3)4/h16-18H,10-15H2,1-9H3/t16-,17-,18-,28+,29+,30+/m1/s1. The Kier molecular flexibility index (Phi) is 2.81. The lowest BCUT2D eigenvalue weighted by molar-refractivity contribution is 0.222. The van der Waals surface area contributed by atoms with E-state index in [1.807, 2.05) is 33.4 Å². The first-order valence-electron chi connectivity index (χ1n) is 13.0. The smallest absolute Gasteiger partial charge is 0.00122 e. The van der Waals surface area contributed by atoms with Crippen LogP contribution in [0.25, 0.3) is 0 Å². The largest absolute Gasteiger partial charge is 0.0585 e. The summed E-state index contributed by atoms with van der Waals surface area (Å²) in [5, 5.41) is 0. The van der Waals surface area contributed by atoms with Crippen molar-refractivity contribution in [1.29, 1.82) is 0 Å². The summed E-state index contributed by atoms with van der Waals surface area (Å²) in [6.45, 7) is 23.8. The van der Waals surface area contributed by atoms with Gasteiger partial charge in [-0.15, -0.1) is 0 Å². The summed E-state index contributed by atoms with van der Waals surface area (Å²) in [7, 11) is 0. The lowest BCUT2D eigenvalue weighted by Gasteiger charge is -2.41. The molecule has 6 aliphatic rings. The second kappa shape index (κ2) is 4.49. The van der Waals surface area contributed by atoms with E-state index in [1.165, 1.54) is 38.5 Å². The SMILES string of the molecule is CC1(C)[C@@H]2CC[C@@]1(C)c1c2c2c(c3c1[C@H]1CC[C@]3(C)C1(C)C)[C@H]1CC[C@]2(C)C1(C)C. The van der Waals surface area contributed by atoms with Crippen molar-refractivity contribution < 1.29 is 0 Å². The van der Waals surface area contributed by atoms with Gasteiger partial charge in [0.15, 0.2) is 0 Å². The van der Waals surface area contributed by atoms with Gasteiger partial charge in [-0.3, -0.25) is 0 Å². The van der Waals surface area contributed by atoms with Crippen molar-refractivity contribution in [1.82, 2.24) is 0 Å². The Morgan fingerprint density at radius 2 is 0.667 bits per heavy atom. The van der Waals surface area contributed by atoms with Crippen molar-refractivity contribution in [2.45, 2.75) is 135 Å². The van der Waals surface area contributed by atoms with Crippen LogP contribution in [0.15, 0.2) is 0 Å². The number of benzene rings is 1. The zero-order chi connectivity index (χ0) is 21.4. The molecule has 3 saturated carbocycles. The maximum atomic E-state index is 2.67. The van der Waals surface area contributed by atoms with E-state index in [4.69, 9.17) is 0 Å². The average Bonchev–Trinajstić information content (AvgIpc) is 3.28. The predicted molar refractivity (Wildman–Crippen MR) is 126 cm³/mol. The van der Waals surface area contributed by atoms with E-state index in [1.54, 1.807) is 0 Å². The zero-order valence-corrected chi connectivity index (χ0v) is 21.0. The Morgan fingerprint density at radius 3 is 0.900 bits per heavy atom. The third kappa shape index (κ3) is 1.39. The average molecular weight is 403 g/mol. The van der Waals surface area contributed by atoms with Crippen LogP contribution in [0.4, 0.5) is 0 Å². The molecule has 0 N–H and O–H groups in total. The number of hydrogen-bond donors (Lipinski definition) is 0. The quantitative estimate of drug-likeness (QED) is 0.410. The monoisotopic (exact) mass is 402 g/mol. The highest BCUT2D eigenvalue weighted by atomic mass is 14.7. The van der Waals surface area contributed by atoms with Gasteiger partial charge in [0.1, 0.15) is 0 Å². The molecule has 0 aliphatic heterocycles. The van der Waals surface area contributed by atoms with E-state index in [9.17, 15) is 0 Å². The van der Waals surface area contributed by atoms with Crippen molar-refractivity contribution in [3.63, 3.8) is 0 Å². The highest BCUT2D eigenvalue weighted by Gasteiger charge is 2.71. The van der Waals surface area contributed by atoms with Crippen LogP contribution in [0.5, 0.6) is 0 Å². The minimum atomic E-state index is 0.380. The number of hydrogen-bond acceptors (Lipinski definition) is 0. The van der Waals surface area contributed by atoms with Crippen molar-refractivity contribution in [3.05, 3.63) is 33.4 Å². The molecular weight excluding hydrogens is 360 g/mol. The van der Waals surface area contributed by atoms with Gasteiger partial charge in [-0.1, -0.05) is 62.3 Å². The summed E-state index contributed by atoms with van der Waals surface area (Å²) in [5.41, 5.74) is 13.8. The van der Waals surface area contributed by atoms with Gasteiger partial charge in [-0.2, -0.15) is 0 Å². The van der Waals surface area contributed by atoms with E-state index >= 15 is 0 Å². The molecule has 0 heteroatoms. The molecule has 0 aromatic heterocycles. The van der Waals surface area contributed by atoms with Gasteiger partial charge < -0.3 is 0 Å². The molecule has 6 bridgehead atoms. The van der Waals surface area contributed by atoms with E-state index in [-0.39, 0.29) is 0 Å². The molecule has 0 spiro atoms. The molecule has 30 heavy (non-hydrogen) atoms. The minimum absolute atomic E-state index is 0.380. The van der Waals surface area contributed by atoms with Gasteiger partial charge in [0.25, 0.3) is 0 Å². The van der Waals surface area contributed by atoms with E-state index in [0.717, 1.165) is 17.8 Å². The molecule has 0 radical (unpaired) electrons. The first-order chi connectivity index (χ1) is 13.8. The summed E-state index contributed by atoms with van der Waals surface area (Å²) in [4.78, 5) is 0. The Labute approximate surface area is 184 Å². The van der Waals surface area contributed by atoms with E-state index < -0.39 is 0 Å². The van der Waals surface area contributed by atoms with Crippen LogP contribution >= 0.6 is 0 Å². The maximum Gasteiger partial charge on any atom is -0.00122 e. The lowest BCUT2D eigenvalue weighted by atomic mass is 9.63. The Bertz CT molecular complexity index is 896. The molecule has 7 rings (SSSR count). The zero-order valence-electron chi connectivity index (χ0n) is 21.0. The van der Waals surface area contributed by atoms with Crippen LogP contribution in [0.1, 0.15) is 152 Å². The predicted octanol–water partition coefficient (Wildman–Crippen LogP) is 8.21. The van der Waals surface area contributed by atoms with Crippen molar-refractivity contribution in [2.24, 2.45) is 16.2 Å². The number of fused-ring (bicyclic) bond motifs is 18. The first-order valence-corrected chi connectivity index (χ1v) is 13.0. The second-order valence-electron chi connectivity index (χ2n) is 14.8. The number of rotatable bonds is 0. The Morgan fingerprint density at radius 1 is 0.433 bits per heavy atom. The third-order valence-electron chi connectivity index (χ3n) is 14.0. The van der Waals surface area contributed by atoms with Crippen molar-refractivity contribution >= 4 is 0 Å². The van der Waals surface area contributed by atoms with E-state index in [0.29, 0.717) is 32.5 Å².